The largest absolute Gasteiger partial charge is 0.496 e. The number of hydrogen-bond acceptors (Lipinski definition) is 7. The fraction of sp³-hybridized carbons (Fsp3) is 0.300. The summed E-state index contributed by atoms with van der Waals surface area (Å²) >= 11 is 0. The van der Waals surface area contributed by atoms with Crippen LogP contribution in [0.25, 0.3) is 11.4 Å². The van der Waals surface area contributed by atoms with Gasteiger partial charge in [-0.3, -0.25) is 9.36 Å². The number of methoxy groups -OCH3 is 1. The molecule has 0 spiro atoms. The van der Waals surface area contributed by atoms with Gasteiger partial charge in [0.1, 0.15) is 29.8 Å². The van der Waals surface area contributed by atoms with E-state index in [1.807, 2.05) is 4.90 Å². The highest BCUT2D eigenvalue weighted by atomic mass is 19.1. The van der Waals surface area contributed by atoms with E-state index in [1.54, 1.807) is 19.3 Å². The maximum atomic E-state index is 14.5. The Balaban J connectivity index is 1.71. The summed E-state index contributed by atoms with van der Waals surface area (Å²) < 4.78 is 40.4. The SMILES string of the molecule is COc1cc(F)cc(F)c1[C@H]1CN(c2nc(-c3ccncn3)cc(=O)n2C)CCO1. The minimum absolute atomic E-state index is 0.0657. The molecule has 10 heteroatoms. The molecule has 0 bridgehead atoms. The Morgan fingerprint density at radius 3 is 2.80 bits per heavy atom. The zero-order chi connectivity index (χ0) is 21.3. The number of rotatable bonds is 4. The minimum atomic E-state index is -0.754. The van der Waals surface area contributed by atoms with Crippen molar-refractivity contribution in [3.8, 4) is 17.1 Å². The Morgan fingerprint density at radius 1 is 1.23 bits per heavy atom. The summed E-state index contributed by atoms with van der Waals surface area (Å²) in [6.07, 6.45) is 2.21. The van der Waals surface area contributed by atoms with Crippen molar-refractivity contribution in [2.24, 2.45) is 7.05 Å². The Bertz CT molecular complexity index is 1120. The Labute approximate surface area is 170 Å². The molecule has 3 heterocycles. The van der Waals surface area contributed by atoms with Gasteiger partial charge in [0.25, 0.3) is 5.56 Å². The predicted octanol–water partition coefficient (Wildman–Crippen LogP) is 2.10. The standard InChI is InChI=1S/C20H19F2N5O3/c1-26-18(28)9-15(14-3-4-23-11-24-14)25-20(26)27-5-6-30-17(10-27)19-13(22)7-12(21)8-16(19)29-2/h3-4,7-9,11,17H,5-6,10H2,1-2H3/t17-/m1/s1. The molecule has 4 rings (SSSR count). The van der Waals surface area contributed by atoms with Gasteiger partial charge in [0.05, 0.1) is 37.2 Å². The summed E-state index contributed by atoms with van der Waals surface area (Å²) in [4.78, 5) is 27.0. The molecule has 0 saturated carbocycles. The molecule has 30 heavy (non-hydrogen) atoms. The Hall–Kier alpha value is -3.40. The van der Waals surface area contributed by atoms with Gasteiger partial charge in [-0.2, -0.15) is 0 Å². The van der Waals surface area contributed by atoms with Crippen LogP contribution >= 0.6 is 0 Å². The molecule has 1 aliphatic heterocycles. The summed E-state index contributed by atoms with van der Waals surface area (Å²) in [5.74, 6) is -1.03. The highest BCUT2D eigenvalue weighted by Gasteiger charge is 2.30. The zero-order valence-corrected chi connectivity index (χ0v) is 16.4. The molecule has 8 nitrogen and oxygen atoms in total. The number of halogens is 2. The lowest BCUT2D eigenvalue weighted by molar-refractivity contribution is 0.0350. The van der Waals surface area contributed by atoms with Crippen molar-refractivity contribution in [2.45, 2.75) is 6.10 Å². The third kappa shape index (κ3) is 3.73. The van der Waals surface area contributed by atoms with Gasteiger partial charge < -0.3 is 14.4 Å². The van der Waals surface area contributed by atoms with E-state index in [2.05, 4.69) is 15.0 Å². The third-order valence-electron chi connectivity index (χ3n) is 4.90. The second kappa shape index (κ2) is 8.15. The highest BCUT2D eigenvalue weighted by Crippen LogP contribution is 2.34. The first kappa shape index (κ1) is 19.9. The molecule has 0 N–H and O–H groups in total. The number of aromatic nitrogens is 4. The molecule has 1 aromatic carbocycles. The van der Waals surface area contributed by atoms with Crippen LogP contribution in [0.15, 0.2) is 41.6 Å². The van der Waals surface area contributed by atoms with Gasteiger partial charge in [-0.1, -0.05) is 0 Å². The quantitative estimate of drug-likeness (QED) is 0.645. The summed E-state index contributed by atoms with van der Waals surface area (Å²) in [5.41, 5.74) is 0.784. The molecule has 1 fully saturated rings. The van der Waals surface area contributed by atoms with Crippen molar-refractivity contribution in [3.63, 3.8) is 0 Å². The average molecular weight is 415 g/mol. The monoisotopic (exact) mass is 415 g/mol. The molecule has 2 aromatic heterocycles. The first-order valence-corrected chi connectivity index (χ1v) is 9.22. The van der Waals surface area contributed by atoms with Crippen LogP contribution in [0, 0.1) is 11.6 Å². The van der Waals surface area contributed by atoms with Crippen molar-refractivity contribution < 1.29 is 18.3 Å². The van der Waals surface area contributed by atoms with Crippen LogP contribution in [-0.2, 0) is 11.8 Å². The fourth-order valence-electron chi connectivity index (χ4n) is 3.43. The van der Waals surface area contributed by atoms with Crippen LogP contribution < -0.4 is 15.2 Å². The van der Waals surface area contributed by atoms with Gasteiger partial charge in [0, 0.05) is 38.0 Å². The van der Waals surface area contributed by atoms with E-state index < -0.39 is 17.7 Å². The first-order valence-electron chi connectivity index (χ1n) is 9.22. The van der Waals surface area contributed by atoms with Crippen LogP contribution in [0.5, 0.6) is 5.75 Å². The topological polar surface area (TPSA) is 82.4 Å². The molecule has 1 atom stereocenters. The predicted molar refractivity (Wildman–Crippen MR) is 104 cm³/mol. The first-order chi connectivity index (χ1) is 14.5. The lowest BCUT2D eigenvalue weighted by Gasteiger charge is -2.35. The van der Waals surface area contributed by atoms with E-state index >= 15 is 0 Å². The highest BCUT2D eigenvalue weighted by molar-refractivity contribution is 5.55. The van der Waals surface area contributed by atoms with E-state index in [0.717, 1.165) is 12.1 Å². The molecule has 3 aromatic rings. The van der Waals surface area contributed by atoms with Gasteiger partial charge in [0.2, 0.25) is 5.95 Å². The smallest absolute Gasteiger partial charge is 0.255 e. The van der Waals surface area contributed by atoms with Crippen molar-refractivity contribution in [1.29, 1.82) is 0 Å². The molecule has 0 radical (unpaired) electrons. The molecule has 0 aliphatic carbocycles. The number of morpholine rings is 1. The maximum Gasteiger partial charge on any atom is 0.255 e. The Morgan fingerprint density at radius 2 is 2.07 bits per heavy atom. The average Bonchev–Trinajstić information content (AvgIpc) is 2.75. The summed E-state index contributed by atoms with van der Waals surface area (Å²) in [6.45, 7) is 0.903. The van der Waals surface area contributed by atoms with Gasteiger partial charge >= 0.3 is 0 Å². The second-order valence-electron chi connectivity index (χ2n) is 6.74. The minimum Gasteiger partial charge on any atom is -0.496 e. The summed E-state index contributed by atoms with van der Waals surface area (Å²) in [5, 5.41) is 0. The van der Waals surface area contributed by atoms with Crippen molar-refractivity contribution in [3.05, 3.63) is 64.3 Å². The molecule has 0 unspecified atom stereocenters. The van der Waals surface area contributed by atoms with Crippen LogP contribution in [0.3, 0.4) is 0 Å². The van der Waals surface area contributed by atoms with Crippen LogP contribution in [0.2, 0.25) is 0 Å². The van der Waals surface area contributed by atoms with E-state index in [0.29, 0.717) is 23.9 Å². The normalized spacial score (nSPS) is 16.5. The van der Waals surface area contributed by atoms with Crippen LogP contribution in [-0.4, -0.2) is 46.3 Å². The van der Waals surface area contributed by atoms with Crippen LogP contribution in [0.1, 0.15) is 11.7 Å². The molecular formula is C20H19F2N5O3. The third-order valence-corrected chi connectivity index (χ3v) is 4.90. The van der Waals surface area contributed by atoms with Crippen molar-refractivity contribution in [1.82, 2.24) is 19.5 Å². The second-order valence-corrected chi connectivity index (χ2v) is 6.74. The zero-order valence-electron chi connectivity index (χ0n) is 16.4. The molecule has 0 amide bonds. The molecule has 1 saturated heterocycles. The maximum absolute atomic E-state index is 14.5. The molecular weight excluding hydrogens is 396 g/mol. The van der Waals surface area contributed by atoms with Crippen molar-refractivity contribution >= 4 is 5.95 Å². The van der Waals surface area contributed by atoms with Crippen LogP contribution in [0.4, 0.5) is 14.7 Å². The van der Waals surface area contributed by atoms with Crippen molar-refractivity contribution in [2.75, 3.05) is 31.7 Å². The van der Waals surface area contributed by atoms with Gasteiger partial charge in [0.15, 0.2) is 0 Å². The molecule has 1 aliphatic rings. The van der Waals surface area contributed by atoms with E-state index in [9.17, 15) is 13.6 Å². The van der Waals surface area contributed by atoms with E-state index in [1.165, 1.54) is 24.1 Å². The van der Waals surface area contributed by atoms with Gasteiger partial charge in [-0.05, 0) is 6.07 Å². The number of hydrogen-bond donors (Lipinski definition) is 0. The number of nitrogens with zero attached hydrogens (tertiary/aromatic N) is 5. The molecule has 156 valence electrons. The van der Waals surface area contributed by atoms with Gasteiger partial charge in [-0.15, -0.1) is 0 Å². The fourth-order valence-corrected chi connectivity index (χ4v) is 3.43. The number of anilines is 1. The van der Waals surface area contributed by atoms with E-state index in [4.69, 9.17) is 9.47 Å². The lowest BCUT2D eigenvalue weighted by atomic mass is 10.1. The lowest BCUT2D eigenvalue weighted by Crippen LogP contribution is -2.42. The Kier molecular flexibility index (Phi) is 5.40. The number of ether oxygens (including phenoxy) is 2. The summed E-state index contributed by atoms with van der Waals surface area (Å²) in [7, 11) is 2.95. The number of benzene rings is 1. The van der Waals surface area contributed by atoms with E-state index in [-0.39, 0.29) is 30.0 Å². The van der Waals surface area contributed by atoms with Gasteiger partial charge in [-0.25, -0.2) is 23.7 Å². The summed E-state index contributed by atoms with van der Waals surface area (Å²) in [6, 6.07) is 4.97.